The van der Waals surface area contributed by atoms with E-state index in [-0.39, 0.29) is 11.4 Å². The lowest BCUT2D eigenvalue weighted by Crippen LogP contribution is -2.33. The van der Waals surface area contributed by atoms with Crippen LogP contribution in [0, 0.1) is 0 Å². The van der Waals surface area contributed by atoms with E-state index in [1.54, 1.807) is 13.1 Å². The molecule has 19 heavy (non-hydrogen) atoms. The first-order valence-corrected chi connectivity index (χ1v) is 7.70. The highest BCUT2D eigenvalue weighted by Crippen LogP contribution is 2.22. The fourth-order valence-electron chi connectivity index (χ4n) is 1.49. The lowest BCUT2D eigenvalue weighted by atomic mass is 10.2. The molecule has 7 heteroatoms. The Morgan fingerprint density at radius 2 is 1.84 bits per heavy atom. The fourth-order valence-corrected chi connectivity index (χ4v) is 3.01. The maximum Gasteiger partial charge on any atom is 0.242 e. The normalized spacial score (nSPS) is 12.4. The molecule has 1 aromatic carbocycles. The maximum atomic E-state index is 12.3. The van der Waals surface area contributed by atoms with E-state index in [1.165, 1.54) is 16.4 Å². The number of sulfonamides is 1. The number of rotatable bonds is 6. The van der Waals surface area contributed by atoms with Crippen LogP contribution in [0.15, 0.2) is 23.1 Å². The van der Waals surface area contributed by atoms with E-state index in [9.17, 15) is 8.42 Å². The third-order valence-corrected chi connectivity index (χ3v) is 5.02. The largest absolute Gasteiger partial charge is 0.326 e. The number of likely N-dealkylation sites (N-methyl/N-ethyl adjacent to an activating group) is 2. The van der Waals surface area contributed by atoms with E-state index in [2.05, 4.69) is 0 Å². The smallest absolute Gasteiger partial charge is 0.242 e. The van der Waals surface area contributed by atoms with E-state index in [0.29, 0.717) is 18.1 Å². The summed E-state index contributed by atoms with van der Waals surface area (Å²) in [6.07, 6.45) is 0. The molecule has 0 aliphatic rings. The van der Waals surface area contributed by atoms with Crippen LogP contribution in [-0.2, 0) is 16.6 Å². The van der Waals surface area contributed by atoms with Crippen molar-refractivity contribution in [3.63, 3.8) is 0 Å². The topological polar surface area (TPSA) is 66.6 Å². The van der Waals surface area contributed by atoms with E-state index in [1.807, 2.05) is 19.0 Å². The van der Waals surface area contributed by atoms with Gasteiger partial charge in [0, 0.05) is 31.7 Å². The van der Waals surface area contributed by atoms with Crippen LogP contribution in [0.1, 0.15) is 5.56 Å². The van der Waals surface area contributed by atoms with Crippen molar-refractivity contribution in [3.05, 3.63) is 28.8 Å². The Hall–Kier alpha value is -0.660. The van der Waals surface area contributed by atoms with Gasteiger partial charge in [0.25, 0.3) is 0 Å². The van der Waals surface area contributed by atoms with Crippen LogP contribution in [0.2, 0.25) is 5.02 Å². The molecule has 0 bridgehead atoms. The highest BCUT2D eigenvalue weighted by Gasteiger charge is 2.21. The van der Waals surface area contributed by atoms with Crippen molar-refractivity contribution in [1.82, 2.24) is 9.21 Å². The van der Waals surface area contributed by atoms with Gasteiger partial charge in [-0.2, -0.15) is 4.31 Å². The molecule has 0 heterocycles. The molecule has 0 aromatic heterocycles. The van der Waals surface area contributed by atoms with Gasteiger partial charge in [-0.05, 0) is 31.8 Å². The lowest BCUT2D eigenvalue weighted by molar-refractivity contribution is 0.358. The number of hydrogen-bond acceptors (Lipinski definition) is 4. The molecule has 0 fully saturated rings. The van der Waals surface area contributed by atoms with E-state index in [0.717, 1.165) is 5.56 Å². The van der Waals surface area contributed by atoms with Crippen molar-refractivity contribution in [2.75, 3.05) is 34.2 Å². The molecule has 0 atom stereocenters. The van der Waals surface area contributed by atoms with Gasteiger partial charge in [-0.15, -0.1) is 0 Å². The van der Waals surface area contributed by atoms with Crippen LogP contribution in [0.3, 0.4) is 0 Å². The third kappa shape index (κ3) is 4.15. The van der Waals surface area contributed by atoms with Gasteiger partial charge in [-0.1, -0.05) is 17.7 Å². The summed E-state index contributed by atoms with van der Waals surface area (Å²) in [5, 5.41) is 0.379. The van der Waals surface area contributed by atoms with Gasteiger partial charge in [-0.3, -0.25) is 0 Å². The summed E-state index contributed by atoms with van der Waals surface area (Å²) in [6, 6.07) is 4.63. The standard InChI is InChI=1S/C12H20ClN3O2S/c1-15(2)6-7-16(3)19(17,18)11-5-4-10(9-14)12(13)8-11/h4-5,8H,6-7,9,14H2,1-3H3. The summed E-state index contributed by atoms with van der Waals surface area (Å²) in [6.45, 7) is 1.37. The summed E-state index contributed by atoms with van der Waals surface area (Å²) in [7, 11) is 1.85. The molecule has 0 radical (unpaired) electrons. The molecule has 108 valence electrons. The maximum absolute atomic E-state index is 12.3. The Morgan fingerprint density at radius 3 is 2.32 bits per heavy atom. The molecule has 1 rings (SSSR count). The molecule has 0 aliphatic carbocycles. The Balaban J connectivity index is 2.96. The fraction of sp³-hybridized carbons (Fsp3) is 0.500. The summed E-state index contributed by atoms with van der Waals surface area (Å²) in [5.41, 5.74) is 6.23. The summed E-state index contributed by atoms with van der Waals surface area (Å²) in [5.74, 6) is 0. The van der Waals surface area contributed by atoms with Crippen LogP contribution in [0.25, 0.3) is 0 Å². The zero-order valence-corrected chi connectivity index (χ0v) is 13.0. The molecule has 1 aromatic rings. The number of hydrogen-bond donors (Lipinski definition) is 1. The van der Waals surface area contributed by atoms with Crippen molar-refractivity contribution in [2.45, 2.75) is 11.4 Å². The second-order valence-electron chi connectivity index (χ2n) is 4.59. The van der Waals surface area contributed by atoms with Crippen molar-refractivity contribution in [1.29, 1.82) is 0 Å². The van der Waals surface area contributed by atoms with Gasteiger partial charge in [0.15, 0.2) is 0 Å². The summed E-state index contributed by atoms with van der Waals surface area (Å²) in [4.78, 5) is 2.12. The van der Waals surface area contributed by atoms with Crippen molar-refractivity contribution >= 4 is 21.6 Å². The average molecular weight is 306 g/mol. The van der Waals surface area contributed by atoms with Crippen molar-refractivity contribution in [3.8, 4) is 0 Å². The van der Waals surface area contributed by atoms with Gasteiger partial charge in [0.05, 0.1) is 4.90 Å². The lowest BCUT2D eigenvalue weighted by Gasteiger charge is -2.19. The Bertz CT molecular complexity index is 532. The monoisotopic (exact) mass is 305 g/mol. The van der Waals surface area contributed by atoms with Gasteiger partial charge in [0.2, 0.25) is 10.0 Å². The van der Waals surface area contributed by atoms with Crippen LogP contribution in [0.4, 0.5) is 0 Å². The first kappa shape index (κ1) is 16.4. The SMILES string of the molecule is CN(C)CCN(C)S(=O)(=O)c1ccc(CN)c(Cl)c1. The Morgan fingerprint density at radius 1 is 1.21 bits per heavy atom. The minimum atomic E-state index is -3.50. The zero-order chi connectivity index (χ0) is 14.6. The first-order chi connectivity index (χ1) is 8.78. The van der Waals surface area contributed by atoms with Crippen LogP contribution in [0.5, 0.6) is 0 Å². The third-order valence-electron chi connectivity index (χ3n) is 2.81. The quantitative estimate of drug-likeness (QED) is 0.851. The van der Waals surface area contributed by atoms with Crippen molar-refractivity contribution < 1.29 is 8.42 Å². The van der Waals surface area contributed by atoms with Crippen LogP contribution < -0.4 is 5.73 Å². The van der Waals surface area contributed by atoms with E-state index >= 15 is 0 Å². The highest BCUT2D eigenvalue weighted by molar-refractivity contribution is 7.89. The molecule has 0 saturated carbocycles. The second-order valence-corrected chi connectivity index (χ2v) is 7.04. The van der Waals surface area contributed by atoms with E-state index in [4.69, 9.17) is 17.3 Å². The predicted octanol–water partition coefficient (Wildman–Crippen LogP) is 0.981. The average Bonchev–Trinajstić information content (AvgIpc) is 2.35. The molecule has 0 spiro atoms. The molecule has 5 nitrogen and oxygen atoms in total. The minimum Gasteiger partial charge on any atom is -0.326 e. The molecule has 0 saturated heterocycles. The predicted molar refractivity (Wildman–Crippen MR) is 77.7 cm³/mol. The number of benzene rings is 1. The van der Waals surface area contributed by atoms with Gasteiger partial charge in [0.1, 0.15) is 0 Å². The number of nitrogens with two attached hydrogens (primary N) is 1. The summed E-state index contributed by atoms with van der Waals surface area (Å²) >= 11 is 6.00. The molecule has 0 amide bonds. The number of nitrogens with zero attached hydrogens (tertiary/aromatic N) is 2. The molecular formula is C12H20ClN3O2S. The molecule has 0 unspecified atom stereocenters. The van der Waals surface area contributed by atoms with E-state index < -0.39 is 10.0 Å². The minimum absolute atomic E-state index is 0.191. The van der Waals surface area contributed by atoms with Gasteiger partial charge in [-0.25, -0.2) is 8.42 Å². The summed E-state index contributed by atoms with van der Waals surface area (Å²) < 4.78 is 25.9. The molecular weight excluding hydrogens is 286 g/mol. The molecule has 0 aliphatic heterocycles. The highest BCUT2D eigenvalue weighted by atomic mass is 35.5. The molecule has 2 N–H and O–H groups in total. The van der Waals surface area contributed by atoms with Crippen LogP contribution in [-0.4, -0.2) is 51.9 Å². The second kappa shape index (κ2) is 6.67. The van der Waals surface area contributed by atoms with Gasteiger partial charge >= 0.3 is 0 Å². The number of halogens is 1. The van der Waals surface area contributed by atoms with Crippen LogP contribution >= 0.6 is 11.6 Å². The first-order valence-electron chi connectivity index (χ1n) is 5.88. The van der Waals surface area contributed by atoms with Gasteiger partial charge < -0.3 is 10.6 Å². The van der Waals surface area contributed by atoms with Crippen molar-refractivity contribution in [2.24, 2.45) is 5.73 Å². The Labute approximate surface area is 120 Å². The zero-order valence-electron chi connectivity index (χ0n) is 11.4. The Kier molecular flexibility index (Phi) is 5.76.